The van der Waals surface area contributed by atoms with Crippen LogP contribution in [0.4, 0.5) is 0 Å². The molecular weight excluding hydrogens is 188 g/mol. The molecule has 0 amide bonds. The van der Waals surface area contributed by atoms with Gasteiger partial charge in [-0.2, -0.15) is 0 Å². The summed E-state index contributed by atoms with van der Waals surface area (Å²) in [7, 11) is 0. The molecule has 2 heteroatoms. The van der Waals surface area contributed by atoms with Crippen LogP contribution in [0.5, 0.6) is 0 Å². The highest BCUT2D eigenvalue weighted by atomic mass is 16.1. The van der Waals surface area contributed by atoms with Gasteiger partial charge in [0.1, 0.15) is 0 Å². The van der Waals surface area contributed by atoms with E-state index in [1.807, 2.05) is 20.8 Å². The fraction of sp³-hybridized carbons (Fsp3) is 0.538. The molecular formula is C13H18O2. The van der Waals surface area contributed by atoms with Crippen LogP contribution in [0.2, 0.25) is 0 Å². The van der Waals surface area contributed by atoms with Gasteiger partial charge in [0.15, 0.2) is 11.6 Å². The fourth-order valence-electron chi connectivity index (χ4n) is 1.76. The summed E-state index contributed by atoms with van der Waals surface area (Å²) in [4.78, 5) is 23.3. The van der Waals surface area contributed by atoms with E-state index in [9.17, 15) is 9.59 Å². The van der Waals surface area contributed by atoms with Gasteiger partial charge in [0.2, 0.25) is 0 Å². The third kappa shape index (κ3) is 2.09. The van der Waals surface area contributed by atoms with Crippen LogP contribution in [0.1, 0.15) is 40.5 Å². The zero-order valence-electron chi connectivity index (χ0n) is 9.89. The Kier molecular flexibility index (Phi) is 3.28. The van der Waals surface area contributed by atoms with Crippen LogP contribution in [0, 0.1) is 5.41 Å². The molecule has 0 saturated heterocycles. The van der Waals surface area contributed by atoms with Gasteiger partial charge < -0.3 is 0 Å². The van der Waals surface area contributed by atoms with Crippen molar-refractivity contribution in [3.05, 3.63) is 23.3 Å². The number of allylic oxidation sites excluding steroid dienone is 4. The van der Waals surface area contributed by atoms with Gasteiger partial charge in [-0.15, -0.1) is 0 Å². The van der Waals surface area contributed by atoms with Gasteiger partial charge >= 0.3 is 0 Å². The van der Waals surface area contributed by atoms with E-state index in [2.05, 4.69) is 0 Å². The molecule has 0 N–H and O–H groups in total. The first-order chi connectivity index (χ1) is 6.94. The predicted molar refractivity (Wildman–Crippen MR) is 60.5 cm³/mol. The van der Waals surface area contributed by atoms with Crippen molar-refractivity contribution >= 4 is 11.6 Å². The van der Waals surface area contributed by atoms with Crippen molar-refractivity contribution in [3.8, 4) is 0 Å². The Labute approximate surface area is 91.1 Å². The number of hydrogen-bond acceptors (Lipinski definition) is 2. The molecule has 0 aromatic rings. The molecule has 0 unspecified atom stereocenters. The highest BCUT2D eigenvalue weighted by Crippen LogP contribution is 2.36. The summed E-state index contributed by atoms with van der Waals surface area (Å²) in [5, 5.41) is 0. The lowest BCUT2D eigenvalue weighted by Gasteiger charge is -2.29. The lowest BCUT2D eigenvalue weighted by atomic mass is 9.73. The molecule has 0 fully saturated rings. The molecule has 1 aliphatic rings. The summed E-state index contributed by atoms with van der Waals surface area (Å²) in [6, 6.07) is 0. The third-order valence-electron chi connectivity index (χ3n) is 3.49. The molecule has 2 nitrogen and oxygen atoms in total. The van der Waals surface area contributed by atoms with Crippen LogP contribution in [-0.4, -0.2) is 11.6 Å². The number of hydrogen-bond donors (Lipinski definition) is 0. The van der Waals surface area contributed by atoms with Gasteiger partial charge in [-0.05, 0) is 37.3 Å². The van der Waals surface area contributed by atoms with Crippen LogP contribution >= 0.6 is 0 Å². The normalized spacial score (nSPS) is 17.6. The van der Waals surface area contributed by atoms with Gasteiger partial charge in [-0.1, -0.05) is 20.8 Å². The molecule has 0 aromatic carbocycles. The van der Waals surface area contributed by atoms with Gasteiger partial charge in [-0.25, -0.2) is 0 Å². The van der Waals surface area contributed by atoms with E-state index in [4.69, 9.17) is 0 Å². The van der Waals surface area contributed by atoms with Crippen molar-refractivity contribution in [2.45, 2.75) is 40.5 Å². The standard InChI is InChI=1S/C13H18O2/c1-5-13(4,6-2)10-8-11(14)9(3)7-12(10)15/h7-8H,5-6H2,1-4H3. The molecule has 82 valence electrons. The van der Waals surface area contributed by atoms with Crippen molar-refractivity contribution in [3.63, 3.8) is 0 Å². The number of rotatable bonds is 3. The molecule has 0 saturated carbocycles. The second kappa shape index (κ2) is 4.13. The molecule has 0 atom stereocenters. The monoisotopic (exact) mass is 206 g/mol. The molecule has 0 aromatic heterocycles. The maximum Gasteiger partial charge on any atom is 0.182 e. The molecule has 0 bridgehead atoms. The minimum atomic E-state index is -0.163. The smallest absolute Gasteiger partial charge is 0.182 e. The second-order valence-corrected chi connectivity index (χ2v) is 4.38. The van der Waals surface area contributed by atoms with Crippen LogP contribution < -0.4 is 0 Å². The first-order valence-electron chi connectivity index (χ1n) is 5.43. The number of ketones is 2. The minimum absolute atomic E-state index is 0.00157. The topological polar surface area (TPSA) is 34.1 Å². The average Bonchev–Trinajstić information content (AvgIpc) is 2.22. The Morgan fingerprint density at radius 3 is 2.07 bits per heavy atom. The summed E-state index contributed by atoms with van der Waals surface area (Å²) < 4.78 is 0. The first-order valence-corrected chi connectivity index (χ1v) is 5.43. The number of carbonyl (C=O) groups is 2. The maximum absolute atomic E-state index is 11.8. The van der Waals surface area contributed by atoms with Crippen LogP contribution in [0.15, 0.2) is 23.3 Å². The minimum Gasteiger partial charge on any atom is -0.290 e. The highest BCUT2D eigenvalue weighted by Gasteiger charge is 2.31. The van der Waals surface area contributed by atoms with Crippen molar-refractivity contribution in [1.29, 1.82) is 0 Å². The molecule has 15 heavy (non-hydrogen) atoms. The van der Waals surface area contributed by atoms with Crippen molar-refractivity contribution < 1.29 is 9.59 Å². The lowest BCUT2D eigenvalue weighted by Crippen LogP contribution is -2.26. The Hall–Kier alpha value is -1.18. The summed E-state index contributed by atoms with van der Waals surface area (Å²) in [6.07, 6.45) is 4.73. The first kappa shape index (κ1) is 11.9. The highest BCUT2D eigenvalue weighted by molar-refractivity contribution is 6.20. The third-order valence-corrected chi connectivity index (χ3v) is 3.49. The van der Waals surface area contributed by atoms with E-state index in [0.717, 1.165) is 12.8 Å². The van der Waals surface area contributed by atoms with E-state index in [-0.39, 0.29) is 17.0 Å². The fourth-order valence-corrected chi connectivity index (χ4v) is 1.76. The Balaban J connectivity index is 3.12. The van der Waals surface area contributed by atoms with Crippen LogP contribution in [0.3, 0.4) is 0 Å². The zero-order valence-corrected chi connectivity index (χ0v) is 9.89. The Bertz CT molecular complexity index is 355. The van der Waals surface area contributed by atoms with Crippen LogP contribution in [0.25, 0.3) is 0 Å². The lowest BCUT2D eigenvalue weighted by molar-refractivity contribution is -0.116. The molecule has 0 spiro atoms. The summed E-state index contributed by atoms with van der Waals surface area (Å²) in [5.41, 5.74) is 1.05. The van der Waals surface area contributed by atoms with E-state index < -0.39 is 0 Å². The SMILES string of the molecule is CCC(C)(CC)C1=CC(=O)C(C)=CC1=O. The zero-order chi connectivity index (χ0) is 11.6. The summed E-state index contributed by atoms with van der Waals surface area (Å²) in [6.45, 7) is 7.82. The predicted octanol–water partition coefficient (Wildman–Crippen LogP) is 2.84. The molecule has 0 aliphatic heterocycles. The van der Waals surface area contributed by atoms with Crippen LogP contribution in [-0.2, 0) is 9.59 Å². The quantitative estimate of drug-likeness (QED) is 0.665. The van der Waals surface area contributed by atoms with Crippen molar-refractivity contribution in [1.82, 2.24) is 0 Å². The van der Waals surface area contributed by atoms with E-state index >= 15 is 0 Å². The van der Waals surface area contributed by atoms with E-state index in [1.165, 1.54) is 12.2 Å². The van der Waals surface area contributed by atoms with Gasteiger partial charge in [0.05, 0.1) is 0 Å². The molecule has 1 rings (SSSR count). The Morgan fingerprint density at radius 2 is 1.60 bits per heavy atom. The van der Waals surface area contributed by atoms with Gasteiger partial charge in [0, 0.05) is 11.1 Å². The molecule has 0 radical (unpaired) electrons. The van der Waals surface area contributed by atoms with E-state index in [0.29, 0.717) is 11.1 Å². The average molecular weight is 206 g/mol. The molecule has 0 heterocycles. The van der Waals surface area contributed by atoms with E-state index in [1.54, 1.807) is 6.92 Å². The van der Waals surface area contributed by atoms with Crippen molar-refractivity contribution in [2.24, 2.45) is 5.41 Å². The van der Waals surface area contributed by atoms with Gasteiger partial charge in [0.25, 0.3) is 0 Å². The summed E-state index contributed by atoms with van der Waals surface area (Å²) in [5.74, 6) is -0.0315. The molecule has 1 aliphatic carbocycles. The maximum atomic E-state index is 11.8. The van der Waals surface area contributed by atoms with Gasteiger partial charge in [-0.3, -0.25) is 9.59 Å². The van der Waals surface area contributed by atoms with Crippen molar-refractivity contribution in [2.75, 3.05) is 0 Å². The largest absolute Gasteiger partial charge is 0.290 e. The Morgan fingerprint density at radius 1 is 1.07 bits per heavy atom. The second-order valence-electron chi connectivity index (χ2n) is 4.38. The summed E-state index contributed by atoms with van der Waals surface area (Å²) >= 11 is 0. The number of carbonyl (C=O) groups excluding carboxylic acids is 2.